The lowest BCUT2D eigenvalue weighted by Crippen LogP contribution is -2.13. The van der Waals surface area contributed by atoms with E-state index >= 15 is 0 Å². The molecule has 0 unspecified atom stereocenters. The van der Waals surface area contributed by atoms with Crippen LogP contribution in [0.3, 0.4) is 0 Å². The van der Waals surface area contributed by atoms with Gasteiger partial charge in [0.1, 0.15) is 0 Å². The minimum absolute atomic E-state index is 1.08. The molecule has 0 rings (SSSR count). The Balaban J connectivity index is 4.37. The molecule has 0 amide bonds. The van der Waals surface area contributed by atoms with E-state index in [2.05, 4.69) is 32.3 Å². The Morgan fingerprint density at radius 2 is 1.50 bits per heavy atom. The Hall–Kier alpha value is -0.720. The van der Waals surface area contributed by atoms with Crippen LogP contribution in [-0.4, -0.2) is 11.9 Å². The van der Waals surface area contributed by atoms with Gasteiger partial charge in [0.15, 0.2) is 0 Å². The maximum absolute atomic E-state index is 3.85. The fourth-order valence-corrected chi connectivity index (χ4v) is 0.622. The van der Waals surface area contributed by atoms with Gasteiger partial charge in [-0.05, 0) is 27.7 Å². The number of nitrogens with zero attached hydrogens (tertiary/aromatic N) is 1. The summed E-state index contributed by atoms with van der Waals surface area (Å²) < 4.78 is 0. The monoisotopic (exact) mass is 139 g/mol. The van der Waals surface area contributed by atoms with Crippen LogP contribution in [0.5, 0.6) is 0 Å². The molecular formula is C9H17N. The molecule has 0 aliphatic heterocycles. The van der Waals surface area contributed by atoms with Gasteiger partial charge in [-0.25, -0.2) is 0 Å². The minimum atomic E-state index is 1.08. The van der Waals surface area contributed by atoms with Gasteiger partial charge < -0.3 is 4.90 Å². The Morgan fingerprint density at radius 3 is 1.60 bits per heavy atom. The highest BCUT2D eigenvalue weighted by atomic mass is 15.1. The SMILES string of the molecule is C=C(C)N(C)C(C)=C(C)C. The van der Waals surface area contributed by atoms with Gasteiger partial charge in [0.05, 0.1) is 0 Å². The Morgan fingerprint density at radius 1 is 1.10 bits per heavy atom. The molecule has 0 aromatic carbocycles. The molecule has 10 heavy (non-hydrogen) atoms. The summed E-state index contributed by atoms with van der Waals surface area (Å²) in [5, 5.41) is 0. The van der Waals surface area contributed by atoms with Crippen LogP contribution in [0.15, 0.2) is 23.5 Å². The van der Waals surface area contributed by atoms with E-state index in [0.29, 0.717) is 0 Å². The molecule has 0 aromatic rings. The van der Waals surface area contributed by atoms with Crippen LogP contribution in [0, 0.1) is 0 Å². The summed E-state index contributed by atoms with van der Waals surface area (Å²) in [6.45, 7) is 12.2. The van der Waals surface area contributed by atoms with E-state index in [1.54, 1.807) is 0 Å². The molecule has 0 aromatic heterocycles. The van der Waals surface area contributed by atoms with Crippen molar-refractivity contribution in [3.63, 3.8) is 0 Å². The predicted molar refractivity (Wildman–Crippen MR) is 46.6 cm³/mol. The minimum Gasteiger partial charge on any atom is -0.353 e. The van der Waals surface area contributed by atoms with E-state index in [1.807, 2.05) is 14.0 Å². The molecule has 0 heterocycles. The van der Waals surface area contributed by atoms with Crippen LogP contribution in [0.4, 0.5) is 0 Å². The predicted octanol–water partition coefficient (Wildman–Crippen LogP) is 2.77. The molecule has 0 saturated carbocycles. The summed E-state index contributed by atoms with van der Waals surface area (Å²) >= 11 is 0. The zero-order chi connectivity index (χ0) is 8.31. The van der Waals surface area contributed by atoms with Gasteiger partial charge in [-0.1, -0.05) is 12.2 Å². The van der Waals surface area contributed by atoms with E-state index in [0.717, 1.165) is 5.70 Å². The molecule has 0 bridgehead atoms. The number of hydrogen-bond acceptors (Lipinski definition) is 1. The molecule has 0 aliphatic carbocycles. The van der Waals surface area contributed by atoms with Crippen LogP contribution in [-0.2, 0) is 0 Å². The highest BCUT2D eigenvalue weighted by Gasteiger charge is 1.98. The van der Waals surface area contributed by atoms with E-state index < -0.39 is 0 Å². The van der Waals surface area contributed by atoms with Gasteiger partial charge in [-0.15, -0.1) is 0 Å². The Kier molecular flexibility index (Phi) is 3.20. The van der Waals surface area contributed by atoms with Crippen molar-refractivity contribution in [2.45, 2.75) is 27.7 Å². The van der Waals surface area contributed by atoms with Gasteiger partial charge in [0.25, 0.3) is 0 Å². The molecule has 1 nitrogen and oxygen atoms in total. The van der Waals surface area contributed by atoms with Gasteiger partial charge >= 0.3 is 0 Å². The highest BCUT2D eigenvalue weighted by Crippen LogP contribution is 2.10. The van der Waals surface area contributed by atoms with E-state index in [4.69, 9.17) is 0 Å². The summed E-state index contributed by atoms with van der Waals surface area (Å²) in [4.78, 5) is 2.09. The molecule has 0 aliphatic rings. The molecule has 0 atom stereocenters. The van der Waals surface area contributed by atoms with E-state index in [1.165, 1.54) is 11.3 Å². The van der Waals surface area contributed by atoms with Crippen molar-refractivity contribution in [3.8, 4) is 0 Å². The van der Waals surface area contributed by atoms with Crippen LogP contribution in [0.1, 0.15) is 27.7 Å². The molecule has 0 spiro atoms. The topological polar surface area (TPSA) is 3.24 Å². The second kappa shape index (κ2) is 3.45. The zero-order valence-electron chi connectivity index (χ0n) is 7.65. The number of hydrogen-bond donors (Lipinski definition) is 0. The summed E-state index contributed by atoms with van der Waals surface area (Å²) in [5.41, 5.74) is 3.71. The first-order valence-corrected chi connectivity index (χ1v) is 3.50. The van der Waals surface area contributed by atoms with Gasteiger partial charge in [0.2, 0.25) is 0 Å². The van der Waals surface area contributed by atoms with E-state index in [-0.39, 0.29) is 0 Å². The lowest BCUT2D eigenvalue weighted by atomic mass is 10.2. The lowest BCUT2D eigenvalue weighted by molar-refractivity contribution is 0.517. The molecule has 0 fully saturated rings. The second-order valence-corrected chi connectivity index (χ2v) is 2.88. The lowest BCUT2D eigenvalue weighted by Gasteiger charge is -2.20. The molecule has 0 radical (unpaired) electrons. The smallest absolute Gasteiger partial charge is 0.0128 e. The largest absolute Gasteiger partial charge is 0.353 e. The van der Waals surface area contributed by atoms with Gasteiger partial charge in [0, 0.05) is 18.4 Å². The Labute approximate surface area is 64.0 Å². The summed E-state index contributed by atoms with van der Waals surface area (Å²) in [7, 11) is 2.03. The van der Waals surface area contributed by atoms with Crippen LogP contribution >= 0.6 is 0 Å². The third-order valence-electron chi connectivity index (χ3n) is 1.80. The molecule has 1 heteroatoms. The van der Waals surface area contributed by atoms with Crippen molar-refractivity contribution >= 4 is 0 Å². The van der Waals surface area contributed by atoms with Crippen LogP contribution in [0.25, 0.3) is 0 Å². The van der Waals surface area contributed by atoms with Crippen molar-refractivity contribution in [2.24, 2.45) is 0 Å². The fourth-order valence-electron chi connectivity index (χ4n) is 0.622. The first-order valence-electron chi connectivity index (χ1n) is 3.50. The average molecular weight is 139 g/mol. The number of allylic oxidation sites excluding steroid dienone is 3. The molecule has 0 saturated heterocycles. The maximum Gasteiger partial charge on any atom is 0.0128 e. The average Bonchev–Trinajstić information content (AvgIpc) is 1.84. The van der Waals surface area contributed by atoms with Gasteiger partial charge in [-0.3, -0.25) is 0 Å². The van der Waals surface area contributed by atoms with Crippen molar-refractivity contribution in [1.82, 2.24) is 4.90 Å². The first-order chi connectivity index (χ1) is 4.46. The van der Waals surface area contributed by atoms with Crippen molar-refractivity contribution < 1.29 is 0 Å². The third kappa shape index (κ3) is 2.26. The van der Waals surface area contributed by atoms with Gasteiger partial charge in [-0.2, -0.15) is 0 Å². The summed E-state index contributed by atoms with van der Waals surface area (Å²) in [6.07, 6.45) is 0. The van der Waals surface area contributed by atoms with Crippen LogP contribution < -0.4 is 0 Å². The molecule has 0 N–H and O–H groups in total. The second-order valence-electron chi connectivity index (χ2n) is 2.88. The summed E-state index contributed by atoms with van der Waals surface area (Å²) in [6, 6.07) is 0. The third-order valence-corrected chi connectivity index (χ3v) is 1.80. The van der Waals surface area contributed by atoms with Crippen molar-refractivity contribution in [2.75, 3.05) is 7.05 Å². The maximum atomic E-state index is 3.85. The number of rotatable bonds is 2. The first kappa shape index (κ1) is 9.28. The standard InChI is InChI=1S/C9H17N/c1-7(2)9(5)10(6)8(3)4/h3H2,1-2,4-6H3. The van der Waals surface area contributed by atoms with Crippen molar-refractivity contribution in [1.29, 1.82) is 0 Å². The molecule has 58 valence electrons. The normalized spacial score (nSPS) is 8.90. The fraction of sp³-hybridized carbons (Fsp3) is 0.556. The summed E-state index contributed by atoms with van der Waals surface area (Å²) in [5.74, 6) is 0. The molecular weight excluding hydrogens is 122 g/mol. The van der Waals surface area contributed by atoms with E-state index in [9.17, 15) is 0 Å². The van der Waals surface area contributed by atoms with Crippen molar-refractivity contribution in [3.05, 3.63) is 23.5 Å². The Bertz CT molecular complexity index is 162. The quantitative estimate of drug-likeness (QED) is 0.568. The highest BCUT2D eigenvalue weighted by molar-refractivity contribution is 5.10. The van der Waals surface area contributed by atoms with Crippen LogP contribution in [0.2, 0.25) is 0 Å². The zero-order valence-corrected chi connectivity index (χ0v) is 7.65.